The van der Waals surface area contributed by atoms with Crippen molar-refractivity contribution in [3.63, 3.8) is 0 Å². The highest BCUT2D eigenvalue weighted by Crippen LogP contribution is 2.45. The summed E-state index contributed by atoms with van der Waals surface area (Å²) in [5.41, 5.74) is 0. The van der Waals surface area contributed by atoms with E-state index < -0.39 is 97.5 Å². The van der Waals surface area contributed by atoms with Crippen molar-refractivity contribution in [3.05, 3.63) is 0 Å². The van der Waals surface area contributed by atoms with Gasteiger partial charge in [-0.1, -0.05) is 357 Å². The van der Waals surface area contributed by atoms with Crippen LogP contribution in [0.1, 0.15) is 409 Å². The van der Waals surface area contributed by atoms with Crippen molar-refractivity contribution in [2.75, 3.05) is 39.6 Å². The van der Waals surface area contributed by atoms with Gasteiger partial charge in [0.05, 0.1) is 26.4 Å². The van der Waals surface area contributed by atoms with Gasteiger partial charge in [0.25, 0.3) is 0 Å². The third-order valence-corrected chi connectivity index (χ3v) is 20.5. The summed E-state index contributed by atoms with van der Waals surface area (Å²) in [5, 5.41) is 10.6. The summed E-state index contributed by atoms with van der Waals surface area (Å²) in [4.78, 5) is 72.9. The van der Waals surface area contributed by atoms with Crippen LogP contribution in [0.15, 0.2) is 0 Å². The molecule has 0 aromatic carbocycles. The van der Waals surface area contributed by atoms with Crippen molar-refractivity contribution in [1.82, 2.24) is 0 Å². The standard InChI is InChI=1S/C80H156O17P2/c1-70(2)56-48-40-32-24-20-16-12-9-10-14-19-23-27-38-46-54-62-79(84)96-75(66-90-77(82)60-52-44-36-26-22-18-15-11-13-17-21-25-33-41-49-57-71(3)4)68-94-98(86,87)92-64-74(81)65-93-99(88,89)95-69-76(97-80(85)63-55-47-39-31-29-35-43-51-59-73(7)8)67-91-78(83)61-53-45-37-30-28-34-42-50-58-72(5)6/h70-76,81H,9-69H2,1-8H3,(H,86,87)(H,88,89)/t74?,75-,76-/m1/s1. The summed E-state index contributed by atoms with van der Waals surface area (Å²) < 4.78 is 68.6. The van der Waals surface area contributed by atoms with E-state index in [1.54, 1.807) is 0 Å². The molecule has 3 N–H and O–H groups in total. The van der Waals surface area contributed by atoms with Gasteiger partial charge >= 0.3 is 39.5 Å². The summed E-state index contributed by atoms with van der Waals surface area (Å²) in [7, 11) is -9.92. The summed E-state index contributed by atoms with van der Waals surface area (Å²) in [6.07, 6.45) is 55.6. The Morgan fingerprint density at radius 2 is 0.424 bits per heavy atom. The van der Waals surface area contributed by atoms with Gasteiger partial charge in [-0.15, -0.1) is 0 Å². The van der Waals surface area contributed by atoms with E-state index >= 15 is 0 Å². The van der Waals surface area contributed by atoms with Crippen LogP contribution in [0.2, 0.25) is 0 Å². The van der Waals surface area contributed by atoms with E-state index in [0.29, 0.717) is 25.7 Å². The Morgan fingerprint density at radius 1 is 0.253 bits per heavy atom. The number of aliphatic hydroxyl groups excluding tert-OH is 1. The average Bonchev–Trinajstić information content (AvgIpc) is 1.06. The van der Waals surface area contributed by atoms with Crippen LogP contribution in [0.5, 0.6) is 0 Å². The van der Waals surface area contributed by atoms with Gasteiger partial charge in [0.15, 0.2) is 12.2 Å². The minimum atomic E-state index is -4.96. The highest BCUT2D eigenvalue weighted by molar-refractivity contribution is 7.47. The Balaban J connectivity index is 5.23. The molecule has 588 valence electrons. The van der Waals surface area contributed by atoms with Crippen LogP contribution in [0, 0.1) is 23.7 Å². The smallest absolute Gasteiger partial charge is 0.462 e. The summed E-state index contributed by atoms with van der Waals surface area (Å²) in [5.74, 6) is 0.943. The molecule has 0 aliphatic carbocycles. The first-order chi connectivity index (χ1) is 47.6. The fourth-order valence-electron chi connectivity index (χ4n) is 12.3. The number of carbonyl (C=O) groups excluding carboxylic acids is 4. The molecule has 0 amide bonds. The molecule has 19 heteroatoms. The zero-order chi connectivity index (χ0) is 73.1. The molecular formula is C80H156O17P2. The Hall–Kier alpha value is -1.94. The van der Waals surface area contributed by atoms with E-state index in [1.165, 1.54) is 212 Å². The fourth-order valence-corrected chi connectivity index (χ4v) is 13.8. The third-order valence-electron chi connectivity index (χ3n) is 18.6. The second-order valence-electron chi connectivity index (χ2n) is 30.7. The Bertz CT molecular complexity index is 1940. The molecule has 0 saturated carbocycles. The second kappa shape index (κ2) is 69.1. The van der Waals surface area contributed by atoms with Gasteiger partial charge in [-0.3, -0.25) is 37.3 Å². The van der Waals surface area contributed by atoms with Crippen LogP contribution in [0.3, 0.4) is 0 Å². The molecule has 0 aromatic heterocycles. The van der Waals surface area contributed by atoms with Gasteiger partial charge in [0.1, 0.15) is 19.3 Å². The Morgan fingerprint density at radius 3 is 0.626 bits per heavy atom. The van der Waals surface area contributed by atoms with Crippen LogP contribution in [-0.4, -0.2) is 96.7 Å². The summed E-state index contributed by atoms with van der Waals surface area (Å²) >= 11 is 0. The maximum absolute atomic E-state index is 13.1. The molecule has 5 atom stereocenters. The molecular weight excluding hydrogens is 1290 g/mol. The summed E-state index contributed by atoms with van der Waals surface area (Å²) in [6, 6.07) is 0. The van der Waals surface area contributed by atoms with Crippen molar-refractivity contribution in [1.29, 1.82) is 0 Å². The largest absolute Gasteiger partial charge is 0.472 e. The second-order valence-corrected chi connectivity index (χ2v) is 33.6. The zero-order valence-electron chi connectivity index (χ0n) is 65.1. The molecule has 0 aliphatic heterocycles. The molecule has 0 rings (SSSR count). The number of phosphoric acid groups is 2. The molecule has 0 heterocycles. The number of carbonyl (C=O) groups is 4. The number of esters is 4. The zero-order valence-corrected chi connectivity index (χ0v) is 66.9. The van der Waals surface area contributed by atoms with Gasteiger partial charge in [-0.25, -0.2) is 9.13 Å². The lowest BCUT2D eigenvalue weighted by molar-refractivity contribution is -0.161. The highest BCUT2D eigenvalue weighted by atomic mass is 31.2. The third kappa shape index (κ3) is 74.1. The first-order valence-corrected chi connectivity index (χ1v) is 44.2. The number of hydrogen-bond donors (Lipinski definition) is 3. The van der Waals surface area contributed by atoms with E-state index in [2.05, 4.69) is 55.4 Å². The van der Waals surface area contributed by atoms with Crippen molar-refractivity contribution in [2.24, 2.45) is 23.7 Å². The van der Waals surface area contributed by atoms with Gasteiger partial charge < -0.3 is 33.8 Å². The number of phosphoric ester groups is 2. The minimum Gasteiger partial charge on any atom is -0.462 e. The predicted octanol–water partition coefficient (Wildman–Crippen LogP) is 23.6. The van der Waals surface area contributed by atoms with E-state index in [-0.39, 0.29) is 25.7 Å². The fraction of sp³-hybridized carbons (Fsp3) is 0.950. The molecule has 0 spiro atoms. The van der Waals surface area contributed by atoms with Gasteiger partial charge in [-0.05, 0) is 49.4 Å². The number of hydrogen-bond acceptors (Lipinski definition) is 15. The molecule has 0 saturated heterocycles. The van der Waals surface area contributed by atoms with Crippen LogP contribution in [-0.2, 0) is 65.4 Å². The first-order valence-electron chi connectivity index (χ1n) is 41.2. The molecule has 0 radical (unpaired) electrons. The minimum absolute atomic E-state index is 0.104. The topological polar surface area (TPSA) is 237 Å². The lowest BCUT2D eigenvalue weighted by Gasteiger charge is -2.21. The number of rotatable bonds is 77. The van der Waals surface area contributed by atoms with Crippen LogP contribution < -0.4 is 0 Å². The van der Waals surface area contributed by atoms with E-state index in [0.717, 1.165) is 114 Å². The normalized spacial score (nSPS) is 14.1. The summed E-state index contributed by atoms with van der Waals surface area (Å²) in [6.45, 7) is 14.2. The number of ether oxygens (including phenoxy) is 4. The molecule has 0 fully saturated rings. The van der Waals surface area contributed by atoms with Crippen molar-refractivity contribution in [2.45, 2.75) is 427 Å². The molecule has 0 bridgehead atoms. The number of aliphatic hydroxyl groups is 1. The van der Waals surface area contributed by atoms with E-state index in [4.69, 9.17) is 37.0 Å². The molecule has 99 heavy (non-hydrogen) atoms. The maximum atomic E-state index is 13.1. The van der Waals surface area contributed by atoms with Crippen molar-refractivity contribution in [3.8, 4) is 0 Å². The lowest BCUT2D eigenvalue weighted by Crippen LogP contribution is -2.30. The van der Waals surface area contributed by atoms with Crippen LogP contribution in [0.25, 0.3) is 0 Å². The first kappa shape index (κ1) is 97.1. The van der Waals surface area contributed by atoms with Crippen LogP contribution in [0.4, 0.5) is 0 Å². The van der Waals surface area contributed by atoms with Crippen molar-refractivity contribution < 1.29 is 80.2 Å². The van der Waals surface area contributed by atoms with E-state index in [9.17, 15) is 43.2 Å². The van der Waals surface area contributed by atoms with Gasteiger partial charge in [0.2, 0.25) is 0 Å². The Labute approximate surface area is 607 Å². The molecule has 3 unspecified atom stereocenters. The monoisotopic (exact) mass is 1450 g/mol. The molecule has 17 nitrogen and oxygen atoms in total. The average molecular weight is 1450 g/mol. The number of unbranched alkanes of at least 4 members (excludes halogenated alkanes) is 43. The quantitative estimate of drug-likeness (QED) is 0.0222. The van der Waals surface area contributed by atoms with Gasteiger partial charge in [0, 0.05) is 25.7 Å². The predicted molar refractivity (Wildman–Crippen MR) is 404 cm³/mol. The van der Waals surface area contributed by atoms with E-state index in [1.807, 2.05) is 0 Å². The van der Waals surface area contributed by atoms with Crippen molar-refractivity contribution >= 4 is 39.5 Å². The molecule has 0 aromatic rings. The Kier molecular flexibility index (Phi) is 67.8. The SMILES string of the molecule is CC(C)CCCCCCCCCCCCCCCCCCC(=O)O[C@H](COC(=O)CCCCCCCCCCCCCCCCCC(C)C)COP(=O)(O)OCC(O)COP(=O)(O)OC[C@@H](COC(=O)CCCCCCCCCCC(C)C)OC(=O)CCCCCCCCCCC(C)C. The highest BCUT2D eigenvalue weighted by Gasteiger charge is 2.30. The van der Waals surface area contributed by atoms with Gasteiger partial charge in [-0.2, -0.15) is 0 Å². The maximum Gasteiger partial charge on any atom is 0.472 e. The lowest BCUT2D eigenvalue weighted by atomic mass is 10.0. The van der Waals surface area contributed by atoms with Crippen LogP contribution >= 0.6 is 15.6 Å². The molecule has 0 aliphatic rings.